The van der Waals surface area contributed by atoms with Gasteiger partial charge in [0.25, 0.3) is 11.5 Å². The largest absolute Gasteiger partial charge is 0.493 e. The van der Waals surface area contributed by atoms with Gasteiger partial charge in [-0.25, -0.2) is 4.39 Å². The van der Waals surface area contributed by atoms with Crippen molar-refractivity contribution in [1.29, 1.82) is 0 Å². The molecule has 2 heterocycles. The SMILES string of the molecule is O=C(Nc1ccccc1F)c1c(O)nc2ccccn2c1=O. The number of anilines is 1. The molecule has 6 nitrogen and oxygen atoms in total. The fourth-order valence-corrected chi connectivity index (χ4v) is 2.02. The molecule has 0 aliphatic heterocycles. The molecular formula is C15H10FN3O3. The minimum absolute atomic E-state index is 0.0931. The van der Waals surface area contributed by atoms with E-state index in [-0.39, 0.29) is 11.3 Å². The smallest absolute Gasteiger partial charge is 0.274 e. The van der Waals surface area contributed by atoms with Crippen LogP contribution < -0.4 is 10.9 Å². The van der Waals surface area contributed by atoms with E-state index in [9.17, 15) is 19.1 Å². The Morgan fingerprint density at radius 3 is 2.68 bits per heavy atom. The predicted molar refractivity (Wildman–Crippen MR) is 77.5 cm³/mol. The van der Waals surface area contributed by atoms with Crippen LogP contribution in [-0.4, -0.2) is 20.4 Å². The molecule has 0 atom stereocenters. The van der Waals surface area contributed by atoms with Crippen molar-refractivity contribution < 1.29 is 14.3 Å². The number of nitrogens with one attached hydrogen (secondary N) is 1. The first-order valence-electron chi connectivity index (χ1n) is 6.34. The van der Waals surface area contributed by atoms with Gasteiger partial charge in [0, 0.05) is 6.20 Å². The molecule has 0 aliphatic carbocycles. The zero-order chi connectivity index (χ0) is 15.7. The minimum Gasteiger partial charge on any atom is -0.493 e. The number of aromatic nitrogens is 2. The highest BCUT2D eigenvalue weighted by atomic mass is 19.1. The highest BCUT2D eigenvalue weighted by molar-refractivity contribution is 6.05. The summed E-state index contributed by atoms with van der Waals surface area (Å²) in [5.41, 5.74) is -1.18. The van der Waals surface area contributed by atoms with Gasteiger partial charge in [-0.2, -0.15) is 4.98 Å². The van der Waals surface area contributed by atoms with E-state index in [1.165, 1.54) is 36.5 Å². The van der Waals surface area contributed by atoms with E-state index in [2.05, 4.69) is 10.3 Å². The lowest BCUT2D eigenvalue weighted by Crippen LogP contribution is -2.27. The van der Waals surface area contributed by atoms with Crippen molar-refractivity contribution in [2.24, 2.45) is 0 Å². The van der Waals surface area contributed by atoms with Crippen LogP contribution in [0.5, 0.6) is 5.88 Å². The number of aromatic hydroxyl groups is 1. The van der Waals surface area contributed by atoms with Gasteiger partial charge in [0.15, 0.2) is 5.56 Å². The molecule has 110 valence electrons. The predicted octanol–water partition coefficient (Wildman–Crippen LogP) is 1.79. The van der Waals surface area contributed by atoms with Crippen molar-refractivity contribution in [3.8, 4) is 5.88 Å². The van der Waals surface area contributed by atoms with Gasteiger partial charge in [0.05, 0.1) is 5.69 Å². The number of carbonyl (C=O) groups excluding carboxylic acids is 1. The Morgan fingerprint density at radius 2 is 1.91 bits per heavy atom. The van der Waals surface area contributed by atoms with E-state index >= 15 is 0 Å². The van der Waals surface area contributed by atoms with E-state index in [4.69, 9.17) is 0 Å². The first kappa shape index (κ1) is 13.7. The second-order valence-corrected chi connectivity index (χ2v) is 4.48. The van der Waals surface area contributed by atoms with Crippen LogP contribution in [0.1, 0.15) is 10.4 Å². The third-order valence-corrected chi connectivity index (χ3v) is 3.06. The summed E-state index contributed by atoms with van der Waals surface area (Å²) in [6.07, 6.45) is 1.42. The number of nitrogens with zero attached hydrogens (tertiary/aromatic N) is 2. The monoisotopic (exact) mass is 299 g/mol. The normalized spacial score (nSPS) is 10.6. The summed E-state index contributed by atoms with van der Waals surface area (Å²) >= 11 is 0. The lowest BCUT2D eigenvalue weighted by molar-refractivity contribution is 0.102. The fraction of sp³-hybridized carbons (Fsp3) is 0. The van der Waals surface area contributed by atoms with E-state index < -0.39 is 28.7 Å². The summed E-state index contributed by atoms with van der Waals surface area (Å²) in [4.78, 5) is 28.2. The van der Waals surface area contributed by atoms with Gasteiger partial charge in [-0.3, -0.25) is 14.0 Å². The fourth-order valence-electron chi connectivity index (χ4n) is 2.02. The average molecular weight is 299 g/mol. The van der Waals surface area contributed by atoms with Crippen molar-refractivity contribution in [3.05, 3.63) is 70.4 Å². The van der Waals surface area contributed by atoms with Crippen LogP contribution in [0.15, 0.2) is 53.5 Å². The molecule has 0 aliphatic rings. The van der Waals surface area contributed by atoms with E-state index in [1.807, 2.05) is 0 Å². The number of rotatable bonds is 2. The molecule has 1 aromatic carbocycles. The van der Waals surface area contributed by atoms with Crippen LogP contribution >= 0.6 is 0 Å². The van der Waals surface area contributed by atoms with Gasteiger partial charge >= 0.3 is 0 Å². The quantitative estimate of drug-likeness (QED) is 0.755. The van der Waals surface area contributed by atoms with Crippen LogP contribution in [-0.2, 0) is 0 Å². The Bertz CT molecular complexity index is 937. The van der Waals surface area contributed by atoms with Crippen LogP contribution in [0.2, 0.25) is 0 Å². The van der Waals surface area contributed by atoms with Gasteiger partial charge in [-0.1, -0.05) is 18.2 Å². The zero-order valence-corrected chi connectivity index (χ0v) is 11.2. The molecule has 0 spiro atoms. The molecule has 0 saturated heterocycles. The molecule has 1 amide bonds. The molecule has 22 heavy (non-hydrogen) atoms. The molecule has 0 bridgehead atoms. The second kappa shape index (κ2) is 5.28. The summed E-state index contributed by atoms with van der Waals surface area (Å²) in [7, 11) is 0. The summed E-state index contributed by atoms with van der Waals surface area (Å²) in [5.74, 6) is -2.28. The Labute approximate surface area is 123 Å². The summed E-state index contributed by atoms with van der Waals surface area (Å²) in [6, 6.07) is 10.3. The van der Waals surface area contributed by atoms with Crippen LogP contribution in [0.4, 0.5) is 10.1 Å². The van der Waals surface area contributed by atoms with Crippen LogP contribution in [0.3, 0.4) is 0 Å². The molecule has 0 saturated carbocycles. The molecule has 2 N–H and O–H groups in total. The third kappa shape index (κ3) is 2.28. The number of pyridine rings is 1. The number of halogens is 1. The lowest BCUT2D eigenvalue weighted by Gasteiger charge is -2.08. The third-order valence-electron chi connectivity index (χ3n) is 3.06. The van der Waals surface area contributed by atoms with E-state index in [0.29, 0.717) is 0 Å². The van der Waals surface area contributed by atoms with Crippen molar-refractivity contribution >= 4 is 17.2 Å². The van der Waals surface area contributed by atoms with Crippen molar-refractivity contribution in [1.82, 2.24) is 9.38 Å². The van der Waals surface area contributed by atoms with Gasteiger partial charge in [-0.05, 0) is 24.3 Å². The summed E-state index contributed by atoms with van der Waals surface area (Å²) < 4.78 is 14.7. The first-order chi connectivity index (χ1) is 10.6. The Balaban J connectivity index is 2.08. The molecule has 2 aromatic heterocycles. The summed E-state index contributed by atoms with van der Waals surface area (Å²) in [6.45, 7) is 0. The molecule has 0 fully saturated rings. The molecule has 7 heteroatoms. The number of hydrogen-bond acceptors (Lipinski definition) is 4. The van der Waals surface area contributed by atoms with E-state index in [0.717, 1.165) is 4.40 Å². The highest BCUT2D eigenvalue weighted by Crippen LogP contribution is 2.16. The molecule has 3 aromatic rings. The molecule has 0 unspecified atom stereocenters. The van der Waals surface area contributed by atoms with Gasteiger partial charge in [-0.15, -0.1) is 0 Å². The number of carbonyl (C=O) groups is 1. The first-order valence-corrected chi connectivity index (χ1v) is 6.34. The van der Waals surface area contributed by atoms with Crippen molar-refractivity contribution in [2.75, 3.05) is 5.32 Å². The Kier molecular flexibility index (Phi) is 3.30. The van der Waals surface area contributed by atoms with Crippen molar-refractivity contribution in [3.63, 3.8) is 0 Å². The maximum atomic E-state index is 13.5. The maximum absolute atomic E-state index is 13.5. The maximum Gasteiger partial charge on any atom is 0.274 e. The standard InChI is InChI=1S/C15H10FN3O3/c16-9-5-1-2-6-10(9)17-13(20)12-14(21)18-11-7-3-4-8-19(11)15(12)22/h1-8,21H,(H,17,20). The van der Waals surface area contributed by atoms with Gasteiger partial charge < -0.3 is 10.4 Å². The molecule has 0 radical (unpaired) electrons. The van der Waals surface area contributed by atoms with Crippen LogP contribution in [0.25, 0.3) is 5.65 Å². The highest BCUT2D eigenvalue weighted by Gasteiger charge is 2.20. The van der Waals surface area contributed by atoms with Crippen molar-refractivity contribution in [2.45, 2.75) is 0 Å². The number of para-hydroxylation sites is 1. The lowest BCUT2D eigenvalue weighted by atomic mass is 10.2. The number of amides is 1. The van der Waals surface area contributed by atoms with E-state index in [1.54, 1.807) is 12.1 Å². The van der Waals surface area contributed by atoms with Crippen LogP contribution in [0, 0.1) is 5.82 Å². The Morgan fingerprint density at radius 1 is 1.18 bits per heavy atom. The zero-order valence-electron chi connectivity index (χ0n) is 11.2. The molecule has 3 rings (SSSR count). The Hall–Kier alpha value is -3.22. The summed E-state index contributed by atoms with van der Waals surface area (Å²) in [5, 5.41) is 12.1. The van der Waals surface area contributed by atoms with Gasteiger partial charge in [0.2, 0.25) is 5.88 Å². The number of fused-ring (bicyclic) bond motifs is 1. The van der Waals surface area contributed by atoms with Gasteiger partial charge in [0.1, 0.15) is 11.5 Å². The second-order valence-electron chi connectivity index (χ2n) is 4.48. The number of benzene rings is 1. The molecular weight excluding hydrogens is 289 g/mol. The number of hydrogen-bond donors (Lipinski definition) is 2. The topological polar surface area (TPSA) is 83.7 Å². The average Bonchev–Trinajstić information content (AvgIpc) is 2.49. The minimum atomic E-state index is -0.932.